The highest BCUT2D eigenvalue weighted by Gasteiger charge is 2.51. The van der Waals surface area contributed by atoms with E-state index in [4.69, 9.17) is 5.41 Å². The highest BCUT2D eigenvalue weighted by atomic mass is 19.4. The number of amides is 1. The van der Waals surface area contributed by atoms with Crippen molar-refractivity contribution in [2.75, 3.05) is 52.9 Å². The predicted octanol–water partition coefficient (Wildman–Crippen LogP) is 5.98. The zero-order valence-corrected chi connectivity index (χ0v) is 24.3. The van der Waals surface area contributed by atoms with Gasteiger partial charge in [0.25, 0.3) is 0 Å². The first-order valence-corrected chi connectivity index (χ1v) is 15.6. The van der Waals surface area contributed by atoms with Crippen LogP contribution in [0.1, 0.15) is 77.0 Å². The molecule has 3 atom stereocenters. The first-order valence-electron chi connectivity index (χ1n) is 15.6. The molecule has 0 radical (unpaired) electrons. The van der Waals surface area contributed by atoms with Crippen LogP contribution in [0.25, 0.3) is 0 Å². The molecular formula is C29H47F6N5O. The van der Waals surface area contributed by atoms with Gasteiger partial charge in [-0.1, -0.05) is 19.3 Å². The van der Waals surface area contributed by atoms with Gasteiger partial charge >= 0.3 is 12.4 Å². The number of hydrogen-bond acceptors (Lipinski definition) is 3. The lowest BCUT2D eigenvalue weighted by Gasteiger charge is -2.45. The largest absolute Gasteiger partial charge is 0.391 e. The van der Waals surface area contributed by atoms with Crippen molar-refractivity contribution in [1.29, 1.82) is 5.41 Å². The zero-order chi connectivity index (χ0) is 29.8. The SMILES string of the molecule is CN(CCC1CC(C(F)(F)F)CC(C(F)(F)F)C1)C(=O)C(C1CCCCC1)N1CCN(C(=N)N2CCCCC2)CC1. The second-order valence-corrected chi connectivity index (χ2v) is 12.8. The zero-order valence-electron chi connectivity index (χ0n) is 24.3. The molecule has 2 saturated carbocycles. The molecule has 0 spiro atoms. The first kappa shape index (κ1) is 32.2. The van der Waals surface area contributed by atoms with Crippen LogP contribution in [-0.4, -0.2) is 103 Å². The number of likely N-dealkylation sites (tertiary alicyclic amines) is 1. The van der Waals surface area contributed by atoms with Crippen molar-refractivity contribution in [2.45, 2.75) is 95.4 Å². The number of piperidine rings is 1. The lowest BCUT2D eigenvalue weighted by molar-refractivity contribution is -0.229. The molecule has 0 aromatic carbocycles. The smallest absolute Gasteiger partial charge is 0.344 e. The van der Waals surface area contributed by atoms with Crippen LogP contribution < -0.4 is 0 Å². The third-order valence-electron chi connectivity index (χ3n) is 9.99. The third kappa shape index (κ3) is 8.44. The number of nitrogens with zero attached hydrogens (tertiary/aromatic N) is 4. The van der Waals surface area contributed by atoms with E-state index in [0.717, 1.165) is 58.0 Å². The molecule has 4 fully saturated rings. The Labute approximate surface area is 240 Å². The molecule has 41 heavy (non-hydrogen) atoms. The van der Waals surface area contributed by atoms with Gasteiger partial charge in [-0.15, -0.1) is 0 Å². The fourth-order valence-electron chi connectivity index (χ4n) is 7.54. The molecule has 2 heterocycles. The van der Waals surface area contributed by atoms with Crippen molar-refractivity contribution < 1.29 is 31.1 Å². The minimum atomic E-state index is -4.65. The van der Waals surface area contributed by atoms with E-state index in [9.17, 15) is 31.1 Å². The van der Waals surface area contributed by atoms with Crippen molar-refractivity contribution in [3.05, 3.63) is 0 Å². The maximum atomic E-state index is 13.9. The number of rotatable bonds is 6. The van der Waals surface area contributed by atoms with Gasteiger partial charge < -0.3 is 14.7 Å². The number of guanidine groups is 1. The Bertz CT molecular complexity index is 841. The van der Waals surface area contributed by atoms with Crippen LogP contribution in [0.15, 0.2) is 0 Å². The maximum absolute atomic E-state index is 13.9. The van der Waals surface area contributed by atoms with Crippen molar-refractivity contribution >= 4 is 11.9 Å². The topological polar surface area (TPSA) is 53.9 Å². The number of likely N-dealkylation sites (N-methyl/N-ethyl adjacent to an activating group) is 1. The van der Waals surface area contributed by atoms with Crippen LogP contribution in [0.4, 0.5) is 26.3 Å². The molecule has 0 aromatic heterocycles. The van der Waals surface area contributed by atoms with Crippen LogP contribution in [0.3, 0.4) is 0 Å². The Balaban J connectivity index is 1.37. The predicted molar refractivity (Wildman–Crippen MR) is 145 cm³/mol. The van der Waals surface area contributed by atoms with E-state index in [-0.39, 0.29) is 43.7 Å². The molecule has 4 aliphatic rings. The molecule has 236 valence electrons. The number of carbonyl (C=O) groups is 1. The monoisotopic (exact) mass is 595 g/mol. The average Bonchev–Trinajstić information content (AvgIpc) is 2.96. The molecule has 4 rings (SSSR count). The van der Waals surface area contributed by atoms with Crippen molar-refractivity contribution in [3.63, 3.8) is 0 Å². The van der Waals surface area contributed by atoms with Crippen molar-refractivity contribution in [1.82, 2.24) is 19.6 Å². The molecule has 2 aliphatic carbocycles. The molecular weight excluding hydrogens is 548 g/mol. The summed E-state index contributed by atoms with van der Waals surface area (Å²) in [5.41, 5.74) is 0. The van der Waals surface area contributed by atoms with Gasteiger partial charge in [0.15, 0.2) is 5.96 Å². The summed E-state index contributed by atoms with van der Waals surface area (Å²) in [4.78, 5) is 21.9. The van der Waals surface area contributed by atoms with E-state index in [1.165, 1.54) is 6.42 Å². The summed E-state index contributed by atoms with van der Waals surface area (Å²) in [5, 5.41) is 8.67. The van der Waals surface area contributed by atoms with Gasteiger partial charge in [0.2, 0.25) is 5.91 Å². The molecule has 6 nitrogen and oxygen atoms in total. The highest BCUT2D eigenvalue weighted by Crippen LogP contribution is 2.48. The number of hydrogen-bond donors (Lipinski definition) is 1. The second kappa shape index (κ2) is 13.7. The molecule has 0 bridgehead atoms. The van der Waals surface area contributed by atoms with Gasteiger partial charge in [-0.05, 0) is 69.6 Å². The summed E-state index contributed by atoms with van der Waals surface area (Å²) < 4.78 is 80.7. The van der Waals surface area contributed by atoms with Gasteiger partial charge in [0.05, 0.1) is 17.9 Å². The fraction of sp³-hybridized carbons (Fsp3) is 0.931. The van der Waals surface area contributed by atoms with Gasteiger partial charge in [-0.2, -0.15) is 26.3 Å². The minimum absolute atomic E-state index is 0.0768. The normalized spacial score (nSPS) is 28.4. The van der Waals surface area contributed by atoms with E-state index in [1.807, 2.05) is 0 Å². The lowest BCUT2D eigenvalue weighted by atomic mass is 9.73. The lowest BCUT2D eigenvalue weighted by Crippen LogP contribution is -2.60. The van der Waals surface area contributed by atoms with Crippen LogP contribution in [-0.2, 0) is 4.79 Å². The molecule has 1 N–H and O–H groups in total. The average molecular weight is 596 g/mol. The Morgan fingerprint density at radius 2 is 1.29 bits per heavy atom. The summed E-state index contributed by atoms with van der Waals surface area (Å²) in [6.45, 7) is 4.59. The number of alkyl halides is 6. The van der Waals surface area contributed by atoms with Gasteiger partial charge in [-0.25, -0.2) is 0 Å². The molecule has 0 aromatic rings. The van der Waals surface area contributed by atoms with Crippen molar-refractivity contribution in [2.24, 2.45) is 23.7 Å². The highest BCUT2D eigenvalue weighted by molar-refractivity contribution is 5.82. The standard InChI is InChI=1S/C29H47F6N5O/c1-37(13-10-21-18-23(28(30,31)32)20-24(19-21)29(33,34)35)26(41)25(22-8-4-2-5-9-22)38-14-16-40(17-15-38)27(36)39-11-6-3-7-12-39/h21-25,36H,2-20H2,1H3. The maximum Gasteiger partial charge on any atom is 0.391 e. The van der Waals surface area contributed by atoms with E-state index < -0.39 is 36.5 Å². The Hall–Kier alpha value is -1.72. The molecule has 1 amide bonds. The summed E-state index contributed by atoms with van der Waals surface area (Å²) in [7, 11) is 1.64. The summed E-state index contributed by atoms with van der Waals surface area (Å²) in [5.74, 6) is -3.97. The summed E-state index contributed by atoms with van der Waals surface area (Å²) in [6, 6.07) is -0.344. The van der Waals surface area contributed by atoms with Crippen LogP contribution in [0.2, 0.25) is 0 Å². The van der Waals surface area contributed by atoms with Crippen LogP contribution in [0, 0.1) is 29.1 Å². The van der Waals surface area contributed by atoms with Crippen LogP contribution in [0.5, 0.6) is 0 Å². The Morgan fingerprint density at radius 3 is 1.83 bits per heavy atom. The number of halogens is 6. The quantitative estimate of drug-likeness (QED) is 0.233. The summed E-state index contributed by atoms with van der Waals surface area (Å²) in [6.07, 6.45) is -2.16. The number of carbonyl (C=O) groups excluding carboxylic acids is 1. The fourth-order valence-corrected chi connectivity index (χ4v) is 7.54. The van der Waals surface area contributed by atoms with Crippen molar-refractivity contribution in [3.8, 4) is 0 Å². The van der Waals surface area contributed by atoms with Gasteiger partial charge in [0, 0.05) is 52.9 Å². The van der Waals surface area contributed by atoms with E-state index >= 15 is 0 Å². The second-order valence-electron chi connectivity index (χ2n) is 12.8. The van der Waals surface area contributed by atoms with E-state index in [0.29, 0.717) is 32.1 Å². The van der Waals surface area contributed by atoms with Crippen LogP contribution >= 0.6 is 0 Å². The minimum Gasteiger partial charge on any atom is -0.344 e. The Kier molecular flexibility index (Phi) is 10.8. The number of piperazine rings is 1. The van der Waals surface area contributed by atoms with E-state index in [2.05, 4.69) is 14.7 Å². The number of nitrogens with one attached hydrogen (secondary N) is 1. The molecule has 2 saturated heterocycles. The molecule has 2 aliphatic heterocycles. The molecule has 3 unspecified atom stereocenters. The Morgan fingerprint density at radius 1 is 0.780 bits per heavy atom. The van der Waals surface area contributed by atoms with Gasteiger partial charge in [-0.3, -0.25) is 15.1 Å². The van der Waals surface area contributed by atoms with E-state index in [1.54, 1.807) is 11.9 Å². The first-order chi connectivity index (χ1) is 19.3. The van der Waals surface area contributed by atoms with Gasteiger partial charge in [0.1, 0.15) is 0 Å². The molecule has 12 heteroatoms. The third-order valence-corrected chi connectivity index (χ3v) is 9.99. The summed E-state index contributed by atoms with van der Waals surface area (Å²) >= 11 is 0.